The number of hydrogen-bond acceptors (Lipinski definition) is 5. The largest absolute Gasteiger partial charge is 0.465 e. The molecule has 2 aromatic rings. The number of esters is 1. The van der Waals surface area contributed by atoms with Gasteiger partial charge in [0.15, 0.2) is 0 Å². The Kier molecular flexibility index (Phi) is 5.12. The van der Waals surface area contributed by atoms with Gasteiger partial charge in [0, 0.05) is 34.9 Å². The van der Waals surface area contributed by atoms with Crippen LogP contribution in [0.25, 0.3) is 10.9 Å². The summed E-state index contributed by atoms with van der Waals surface area (Å²) >= 11 is 3.59. The van der Waals surface area contributed by atoms with Gasteiger partial charge in [0.1, 0.15) is 5.82 Å². The summed E-state index contributed by atoms with van der Waals surface area (Å²) in [5.41, 5.74) is 8.47. The van der Waals surface area contributed by atoms with Crippen LogP contribution >= 0.6 is 15.9 Å². The van der Waals surface area contributed by atoms with Crippen LogP contribution < -0.4 is 16.4 Å². The van der Waals surface area contributed by atoms with Crippen molar-refractivity contribution in [3.63, 3.8) is 0 Å². The van der Waals surface area contributed by atoms with E-state index in [4.69, 9.17) is 15.5 Å². The highest BCUT2D eigenvalue weighted by atomic mass is 79.9. The van der Waals surface area contributed by atoms with Gasteiger partial charge in [-0.15, -0.1) is 0 Å². The van der Waals surface area contributed by atoms with Gasteiger partial charge in [-0.1, -0.05) is 28.1 Å². The summed E-state index contributed by atoms with van der Waals surface area (Å²) in [6, 6.07) is 6.32. The van der Waals surface area contributed by atoms with Crippen LogP contribution in [0.3, 0.4) is 0 Å². The molecule has 6 nitrogen and oxygen atoms in total. The number of hydrogen-bond donors (Lipinski definition) is 2. The number of fused-ring (bicyclic) bond motifs is 4. The molecular formula is C21H23BrN4O2. The Hall–Kier alpha value is -2.38. The number of nitrogens with zero attached hydrogens (tertiary/aromatic N) is 2. The summed E-state index contributed by atoms with van der Waals surface area (Å²) in [5.74, 6) is 0.723. The lowest BCUT2D eigenvalue weighted by Gasteiger charge is -2.18. The van der Waals surface area contributed by atoms with Crippen LogP contribution in [0.5, 0.6) is 0 Å². The maximum Gasteiger partial charge on any atom is 0.337 e. The minimum Gasteiger partial charge on any atom is -0.465 e. The molecule has 1 aliphatic carbocycles. The molecule has 0 bridgehead atoms. The van der Waals surface area contributed by atoms with E-state index in [0.29, 0.717) is 18.7 Å². The first-order valence-electron chi connectivity index (χ1n) is 9.32. The van der Waals surface area contributed by atoms with Crippen molar-refractivity contribution in [2.24, 2.45) is 17.8 Å². The zero-order valence-corrected chi connectivity index (χ0v) is 17.5. The molecule has 28 heavy (non-hydrogen) atoms. The fourth-order valence-corrected chi connectivity index (χ4v) is 4.34. The Labute approximate surface area is 171 Å². The van der Waals surface area contributed by atoms with E-state index in [1.807, 2.05) is 24.3 Å². The quantitative estimate of drug-likeness (QED) is 0.563. The molecule has 2 aliphatic rings. The molecule has 0 saturated carbocycles. The zero-order chi connectivity index (χ0) is 19.8. The SMILES string of the molecule is COC(=O)C1=CC2c3c(n(C)c4ccc(Br)cc4c3=NCCCN)NC2C=C1. The van der Waals surface area contributed by atoms with Gasteiger partial charge in [0.2, 0.25) is 0 Å². The van der Waals surface area contributed by atoms with Gasteiger partial charge in [-0.2, -0.15) is 0 Å². The van der Waals surface area contributed by atoms with Crippen LogP contribution in [-0.2, 0) is 16.6 Å². The average molecular weight is 443 g/mol. The standard InChI is InChI=1S/C21H23BrN4O2/c1-26-17-7-5-13(22)11-15(17)19(24-9-3-8-23)18-14-10-12(21(27)28-2)4-6-16(14)25-20(18)26/h4-7,10-11,14,16,25H,3,8-9,23H2,1-2H3. The fourth-order valence-electron chi connectivity index (χ4n) is 3.98. The van der Waals surface area contributed by atoms with Crippen molar-refractivity contribution in [3.8, 4) is 0 Å². The topological polar surface area (TPSA) is 81.6 Å². The third-order valence-electron chi connectivity index (χ3n) is 5.34. The summed E-state index contributed by atoms with van der Waals surface area (Å²) in [6.45, 7) is 1.27. The molecule has 0 amide bonds. The van der Waals surface area contributed by atoms with E-state index in [1.54, 1.807) is 0 Å². The van der Waals surface area contributed by atoms with Gasteiger partial charge in [-0.25, -0.2) is 4.79 Å². The number of aromatic nitrogens is 1. The van der Waals surface area contributed by atoms with Gasteiger partial charge in [0.05, 0.1) is 29.6 Å². The van der Waals surface area contributed by atoms with E-state index >= 15 is 0 Å². The van der Waals surface area contributed by atoms with E-state index in [1.165, 1.54) is 7.11 Å². The summed E-state index contributed by atoms with van der Waals surface area (Å²) in [7, 11) is 3.46. The molecule has 4 rings (SSSR count). The van der Waals surface area contributed by atoms with E-state index < -0.39 is 0 Å². The van der Waals surface area contributed by atoms with Crippen LogP contribution in [0.2, 0.25) is 0 Å². The fraction of sp³-hybridized carbons (Fsp3) is 0.333. The summed E-state index contributed by atoms with van der Waals surface area (Å²) in [5, 5.41) is 5.65. The predicted molar refractivity (Wildman–Crippen MR) is 114 cm³/mol. The molecule has 0 fully saturated rings. The Balaban J connectivity index is 1.99. The molecule has 2 atom stereocenters. The number of benzene rings is 1. The number of anilines is 1. The predicted octanol–water partition coefficient (Wildman–Crippen LogP) is 2.74. The first-order chi connectivity index (χ1) is 13.5. The zero-order valence-electron chi connectivity index (χ0n) is 15.9. The molecule has 146 valence electrons. The monoisotopic (exact) mass is 442 g/mol. The molecule has 0 spiro atoms. The number of carbonyl (C=O) groups is 1. The van der Waals surface area contributed by atoms with Crippen molar-refractivity contribution in [3.05, 3.63) is 57.4 Å². The van der Waals surface area contributed by atoms with Crippen molar-refractivity contribution >= 4 is 38.6 Å². The maximum absolute atomic E-state index is 12.1. The number of ether oxygens (including phenoxy) is 1. The number of rotatable bonds is 4. The second kappa shape index (κ2) is 7.56. The molecule has 1 aromatic heterocycles. The van der Waals surface area contributed by atoms with Gasteiger partial charge >= 0.3 is 5.97 Å². The lowest BCUT2D eigenvalue weighted by molar-refractivity contribution is -0.135. The first kappa shape index (κ1) is 19.0. The van der Waals surface area contributed by atoms with Crippen LogP contribution in [-0.4, -0.2) is 36.8 Å². The minimum absolute atomic E-state index is 0.0142. The third-order valence-corrected chi connectivity index (χ3v) is 5.83. The lowest BCUT2D eigenvalue weighted by Crippen LogP contribution is -2.23. The van der Waals surface area contributed by atoms with E-state index in [2.05, 4.69) is 45.0 Å². The van der Waals surface area contributed by atoms with Gasteiger partial charge in [-0.3, -0.25) is 4.99 Å². The van der Waals surface area contributed by atoms with Crippen molar-refractivity contribution < 1.29 is 9.53 Å². The number of aryl methyl sites for hydroxylation is 1. The number of pyridine rings is 1. The highest BCUT2D eigenvalue weighted by Gasteiger charge is 2.35. The van der Waals surface area contributed by atoms with Crippen LogP contribution in [0.15, 0.2) is 51.5 Å². The number of carbonyl (C=O) groups excluding carboxylic acids is 1. The minimum atomic E-state index is -0.322. The van der Waals surface area contributed by atoms with Gasteiger partial charge < -0.3 is 20.4 Å². The van der Waals surface area contributed by atoms with E-state index in [9.17, 15) is 4.79 Å². The summed E-state index contributed by atoms with van der Waals surface area (Å²) < 4.78 is 8.09. The second-order valence-electron chi connectivity index (χ2n) is 7.02. The summed E-state index contributed by atoms with van der Waals surface area (Å²) in [6.07, 6.45) is 6.67. The number of nitrogens with two attached hydrogens (primary N) is 1. The highest BCUT2D eigenvalue weighted by Crippen LogP contribution is 2.40. The molecule has 3 N–H and O–H groups in total. The molecule has 2 unspecified atom stereocenters. The maximum atomic E-state index is 12.1. The van der Waals surface area contributed by atoms with Gasteiger partial charge in [-0.05, 0) is 37.2 Å². The molecule has 0 saturated heterocycles. The number of halogens is 1. The Morgan fingerprint density at radius 2 is 2.25 bits per heavy atom. The van der Waals surface area contributed by atoms with Crippen LogP contribution in [0.1, 0.15) is 17.9 Å². The molecular weight excluding hydrogens is 420 g/mol. The lowest BCUT2D eigenvalue weighted by atomic mass is 9.88. The van der Waals surface area contributed by atoms with Crippen molar-refractivity contribution in [2.45, 2.75) is 18.4 Å². The molecule has 2 heterocycles. The van der Waals surface area contributed by atoms with Crippen LogP contribution in [0, 0.1) is 0 Å². The number of nitrogens with one attached hydrogen (secondary N) is 1. The van der Waals surface area contributed by atoms with E-state index in [0.717, 1.165) is 38.5 Å². The van der Waals surface area contributed by atoms with Gasteiger partial charge in [0.25, 0.3) is 0 Å². The first-order valence-corrected chi connectivity index (χ1v) is 10.1. The normalized spacial score (nSPS) is 20.6. The Bertz CT molecular complexity index is 1080. The molecule has 7 heteroatoms. The second-order valence-corrected chi connectivity index (χ2v) is 7.94. The Morgan fingerprint density at radius 1 is 1.43 bits per heavy atom. The van der Waals surface area contributed by atoms with Crippen LogP contribution in [0.4, 0.5) is 5.82 Å². The van der Waals surface area contributed by atoms with Crippen molar-refractivity contribution in [1.29, 1.82) is 0 Å². The smallest absolute Gasteiger partial charge is 0.337 e. The molecule has 1 aliphatic heterocycles. The summed E-state index contributed by atoms with van der Waals surface area (Å²) in [4.78, 5) is 17.0. The number of methoxy groups -OCH3 is 1. The average Bonchev–Trinajstić information content (AvgIpc) is 3.08. The third kappa shape index (κ3) is 3.08. The van der Waals surface area contributed by atoms with Crippen molar-refractivity contribution in [2.75, 3.05) is 25.5 Å². The molecule has 1 aromatic carbocycles. The highest BCUT2D eigenvalue weighted by molar-refractivity contribution is 9.10. The van der Waals surface area contributed by atoms with E-state index in [-0.39, 0.29) is 17.9 Å². The Morgan fingerprint density at radius 3 is 3.00 bits per heavy atom. The molecule has 0 radical (unpaired) electrons. The van der Waals surface area contributed by atoms with Crippen molar-refractivity contribution in [1.82, 2.24) is 4.57 Å².